The second-order valence-corrected chi connectivity index (χ2v) is 4.69. The highest BCUT2D eigenvalue weighted by Gasteiger charge is 2.17. The van der Waals surface area contributed by atoms with Crippen LogP contribution in [0.2, 0.25) is 5.15 Å². The van der Waals surface area contributed by atoms with Crippen molar-refractivity contribution in [1.29, 1.82) is 0 Å². The maximum atomic E-state index is 13.3. The van der Waals surface area contributed by atoms with E-state index in [0.29, 0.717) is 12.2 Å². The van der Waals surface area contributed by atoms with Gasteiger partial charge in [0.2, 0.25) is 0 Å². The lowest BCUT2D eigenvalue weighted by molar-refractivity contribution is -0.385. The van der Waals surface area contributed by atoms with Gasteiger partial charge in [-0.1, -0.05) is 18.5 Å². The number of nitro benzene ring substituents is 1. The Morgan fingerprint density at radius 2 is 2.14 bits per heavy atom. The third kappa shape index (κ3) is 3.25. The zero-order chi connectivity index (χ0) is 15.6. The van der Waals surface area contributed by atoms with Crippen molar-refractivity contribution in [2.75, 3.05) is 0 Å². The first-order valence-electron chi connectivity index (χ1n) is 6.11. The number of rotatable bonds is 4. The third-order valence-corrected chi connectivity index (χ3v) is 3.13. The Morgan fingerprint density at radius 1 is 1.43 bits per heavy atom. The van der Waals surface area contributed by atoms with Crippen molar-refractivity contribution in [3.63, 3.8) is 0 Å². The van der Waals surface area contributed by atoms with Crippen LogP contribution in [0.25, 0.3) is 0 Å². The van der Waals surface area contributed by atoms with E-state index in [0.717, 1.165) is 24.3 Å². The number of nitro groups is 1. The maximum absolute atomic E-state index is 13.3. The largest absolute Gasteiger partial charge is 0.292 e. The molecule has 0 saturated carbocycles. The molecule has 110 valence electrons. The zero-order valence-corrected chi connectivity index (χ0v) is 11.8. The van der Waals surface area contributed by atoms with E-state index in [1.807, 2.05) is 0 Å². The zero-order valence-electron chi connectivity index (χ0n) is 11.0. The van der Waals surface area contributed by atoms with Crippen LogP contribution >= 0.6 is 11.6 Å². The van der Waals surface area contributed by atoms with Crippen molar-refractivity contribution in [3.8, 4) is 0 Å². The summed E-state index contributed by atoms with van der Waals surface area (Å²) in [4.78, 5) is 26.3. The lowest BCUT2D eigenvalue weighted by Crippen LogP contribution is -2.25. The number of aromatic nitrogens is 2. The number of halogens is 2. The summed E-state index contributed by atoms with van der Waals surface area (Å²) in [6.07, 6.45) is 0.416. The van der Waals surface area contributed by atoms with Gasteiger partial charge in [-0.3, -0.25) is 19.5 Å². The Bertz CT molecular complexity index is 761. The van der Waals surface area contributed by atoms with Gasteiger partial charge in [0.15, 0.2) is 0 Å². The summed E-state index contributed by atoms with van der Waals surface area (Å²) in [6.45, 7) is 1.63. The molecule has 0 bridgehead atoms. The minimum Gasteiger partial charge on any atom is -0.292 e. The molecule has 0 fully saturated rings. The normalized spacial score (nSPS) is 10.6. The number of hydrogen-bond donors (Lipinski definition) is 0. The summed E-state index contributed by atoms with van der Waals surface area (Å²) in [5, 5.41) is 11.0. The van der Waals surface area contributed by atoms with Gasteiger partial charge in [0.25, 0.3) is 11.2 Å². The van der Waals surface area contributed by atoms with Gasteiger partial charge in [-0.15, -0.1) is 0 Å². The molecule has 0 saturated heterocycles. The number of nitrogens with zero attached hydrogens (tertiary/aromatic N) is 3. The molecule has 0 aliphatic heterocycles. The van der Waals surface area contributed by atoms with Crippen LogP contribution in [0.4, 0.5) is 10.1 Å². The van der Waals surface area contributed by atoms with E-state index in [1.165, 1.54) is 4.57 Å². The van der Waals surface area contributed by atoms with Crippen LogP contribution in [-0.4, -0.2) is 14.5 Å². The molecule has 1 aromatic heterocycles. The Hall–Kier alpha value is -2.28. The summed E-state index contributed by atoms with van der Waals surface area (Å²) in [6, 6.07) is 4.24. The van der Waals surface area contributed by atoms with Crippen molar-refractivity contribution >= 4 is 17.3 Å². The van der Waals surface area contributed by atoms with Gasteiger partial charge in [0.1, 0.15) is 16.8 Å². The lowest BCUT2D eigenvalue weighted by atomic mass is 10.1. The fraction of sp³-hybridized carbons (Fsp3) is 0.231. The predicted octanol–water partition coefficient (Wildman–Crippen LogP) is 2.55. The van der Waals surface area contributed by atoms with E-state index < -0.39 is 16.3 Å². The Morgan fingerprint density at radius 3 is 2.76 bits per heavy atom. The maximum Gasteiger partial charge on any atom is 0.274 e. The Labute approximate surface area is 124 Å². The van der Waals surface area contributed by atoms with Crippen molar-refractivity contribution < 1.29 is 9.31 Å². The van der Waals surface area contributed by atoms with Crippen molar-refractivity contribution in [2.24, 2.45) is 0 Å². The average Bonchev–Trinajstić information content (AvgIpc) is 2.41. The van der Waals surface area contributed by atoms with E-state index in [1.54, 1.807) is 6.92 Å². The number of hydrogen-bond acceptors (Lipinski definition) is 4. The van der Waals surface area contributed by atoms with Crippen molar-refractivity contribution in [3.05, 3.63) is 67.1 Å². The first-order valence-corrected chi connectivity index (χ1v) is 6.49. The molecule has 2 rings (SSSR count). The SMILES string of the molecule is CCc1nc(Cl)cc(=O)n1Cc1cc(F)ccc1[N+](=O)[O-]. The molecule has 21 heavy (non-hydrogen) atoms. The van der Waals surface area contributed by atoms with E-state index in [2.05, 4.69) is 4.98 Å². The van der Waals surface area contributed by atoms with Gasteiger partial charge in [0.05, 0.1) is 17.0 Å². The summed E-state index contributed by atoms with van der Waals surface area (Å²) in [5.74, 6) is -0.227. The van der Waals surface area contributed by atoms with Gasteiger partial charge in [-0.05, 0) is 12.1 Å². The fourth-order valence-electron chi connectivity index (χ4n) is 1.99. The summed E-state index contributed by atoms with van der Waals surface area (Å²) in [7, 11) is 0. The molecular formula is C13H11ClFN3O3. The fourth-order valence-corrected chi connectivity index (χ4v) is 2.18. The molecule has 1 aromatic carbocycles. The molecule has 0 radical (unpaired) electrons. The minimum atomic E-state index is -0.616. The number of benzene rings is 1. The van der Waals surface area contributed by atoms with E-state index in [4.69, 9.17) is 11.6 Å². The molecular weight excluding hydrogens is 301 g/mol. The summed E-state index contributed by atoms with van der Waals surface area (Å²) in [5.41, 5.74) is -0.591. The number of aryl methyl sites for hydroxylation is 1. The average molecular weight is 312 g/mol. The van der Waals surface area contributed by atoms with E-state index >= 15 is 0 Å². The molecule has 2 aromatic rings. The Balaban J connectivity index is 2.55. The highest BCUT2D eigenvalue weighted by Crippen LogP contribution is 2.20. The van der Waals surface area contributed by atoms with Gasteiger partial charge in [-0.25, -0.2) is 9.37 Å². The van der Waals surface area contributed by atoms with Crippen LogP contribution in [0.15, 0.2) is 29.1 Å². The highest BCUT2D eigenvalue weighted by molar-refractivity contribution is 6.29. The van der Waals surface area contributed by atoms with E-state index in [-0.39, 0.29) is 22.9 Å². The molecule has 0 amide bonds. The van der Waals surface area contributed by atoms with Crippen LogP contribution < -0.4 is 5.56 Å². The van der Waals surface area contributed by atoms with Gasteiger partial charge in [0, 0.05) is 18.6 Å². The molecule has 8 heteroatoms. The summed E-state index contributed by atoms with van der Waals surface area (Å²) >= 11 is 5.72. The smallest absolute Gasteiger partial charge is 0.274 e. The first-order chi connectivity index (χ1) is 9.92. The van der Waals surface area contributed by atoms with E-state index in [9.17, 15) is 19.3 Å². The van der Waals surface area contributed by atoms with Crippen LogP contribution in [-0.2, 0) is 13.0 Å². The molecule has 0 aliphatic carbocycles. The highest BCUT2D eigenvalue weighted by atomic mass is 35.5. The van der Waals surface area contributed by atoms with Crippen LogP contribution in [0, 0.1) is 15.9 Å². The van der Waals surface area contributed by atoms with Crippen LogP contribution in [0.3, 0.4) is 0 Å². The van der Waals surface area contributed by atoms with Gasteiger partial charge >= 0.3 is 0 Å². The lowest BCUT2D eigenvalue weighted by Gasteiger charge is -2.11. The molecule has 0 unspecified atom stereocenters. The molecule has 1 heterocycles. The first kappa shape index (κ1) is 15.1. The van der Waals surface area contributed by atoms with Gasteiger partial charge < -0.3 is 0 Å². The third-order valence-electron chi connectivity index (χ3n) is 2.94. The molecule has 0 N–H and O–H groups in total. The van der Waals surface area contributed by atoms with Crippen molar-refractivity contribution in [1.82, 2.24) is 9.55 Å². The second kappa shape index (κ2) is 6.01. The molecule has 6 nitrogen and oxygen atoms in total. The minimum absolute atomic E-state index is 0.0573. The molecule has 0 aliphatic rings. The van der Waals surface area contributed by atoms with Crippen LogP contribution in [0.5, 0.6) is 0 Å². The topological polar surface area (TPSA) is 78.0 Å². The van der Waals surface area contributed by atoms with Gasteiger partial charge in [-0.2, -0.15) is 0 Å². The molecule has 0 spiro atoms. The van der Waals surface area contributed by atoms with Crippen molar-refractivity contribution in [2.45, 2.75) is 19.9 Å². The monoisotopic (exact) mass is 311 g/mol. The molecule has 0 atom stereocenters. The predicted molar refractivity (Wildman–Crippen MR) is 75.0 cm³/mol. The van der Waals surface area contributed by atoms with Crippen LogP contribution in [0.1, 0.15) is 18.3 Å². The Kier molecular flexibility index (Phi) is 4.32. The standard InChI is InChI=1S/C13H11ClFN3O3/c1-2-12-16-11(14)6-13(19)17(12)7-8-5-9(15)3-4-10(8)18(20)21/h3-6H,2,7H2,1H3. The summed E-state index contributed by atoms with van der Waals surface area (Å²) < 4.78 is 14.6. The quantitative estimate of drug-likeness (QED) is 0.494. The second-order valence-electron chi connectivity index (χ2n) is 4.30.